The van der Waals surface area contributed by atoms with Crippen LogP contribution in [0.2, 0.25) is 0 Å². The molecule has 4 rings (SSSR count). The van der Waals surface area contributed by atoms with E-state index in [-0.39, 0.29) is 5.97 Å². The van der Waals surface area contributed by atoms with Crippen LogP contribution < -0.4 is 5.32 Å². The van der Waals surface area contributed by atoms with E-state index in [0.717, 1.165) is 32.1 Å². The molecule has 1 saturated carbocycles. The Morgan fingerprint density at radius 1 is 1.03 bits per heavy atom. The van der Waals surface area contributed by atoms with Gasteiger partial charge >= 0.3 is 5.97 Å². The Kier molecular flexibility index (Phi) is 6.78. The Bertz CT molecular complexity index is 849. The normalized spacial score (nSPS) is 22.3. The highest BCUT2D eigenvalue weighted by molar-refractivity contribution is 5.89. The van der Waals surface area contributed by atoms with E-state index < -0.39 is 5.60 Å². The van der Waals surface area contributed by atoms with Crippen molar-refractivity contribution in [2.45, 2.75) is 64.1 Å². The summed E-state index contributed by atoms with van der Waals surface area (Å²) in [4.78, 5) is 14.7. The fraction of sp³-hybridized carbons (Fsp3) is 0.519. The Hall–Kier alpha value is -2.17. The zero-order chi connectivity index (χ0) is 21.8. The minimum Gasteiger partial charge on any atom is -0.456 e. The Labute approximate surface area is 187 Å². The maximum atomic E-state index is 12.2. The first-order chi connectivity index (χ1) is 14.9. The van der Waals surface area contributed by atoms with E-state index in [1.54, 1.807) is 0 Å². The van der Waals surface area contributed by atoms with Crippen molar-refractivity contribution >= 4 is 5.97 Å². The zero-order valence-corrected chi connectivity index (χ0v) is 19.1. The van der Waals surface area contributed by atoms with Crippen molar-refractivity contribution in [1.82, 2.24) is 10.2 Å². The van der Waals surface area contributed by atoms with Crippen LogP contribution in [0.3, 0.4) is 0 Å². The molecule has 0 radical (unpaired) electrons. The van der Waals surface area contributed by atoms with Gasteiger partial charge in [-0.15, -0.1) is 0 Å². The number of esters is 1. The van der Waals surface area contributed by atoms with Crippen molar-refractivity contribution in [3.05, 3.63) is 71.3 Å². The van der Waals surface area contributed by atoms with Crippen LogP contribution in [0.5, 0.6) is 0 Å². The quantitative estimate of drug-likeness (QED) is 0.640. The highest BCUT2D eigenvalue weighted by atomic mass is 16.6. The molecule has 1 heterocycles. The van der Waals surface area contributed by atoms with E-state index in [1.807, 2.05) is 32.9 Å². The van der Waals surface area contributed by atoms with E-state index in [0.29, 0.717) is 17.5 Å². The number of nitrogens with one attached hydrogen (secondary N) is 1. The van der Waals surface area contributed by atoms with Crippen molar-refractivity contribution in [2.24, 2.45) is 5.92 Å². The second-order valence-corrected chi connectivity index (χ2v) is 10.2. The van der Waals surface area contributed by atoms with Crippen LogP contribution in [-0.4, -0.2) is 42.1 Å². The molecule has 2 aromatic rings. The third-order valence-electron chi connectivity index (χ3n) is 6.39. The summed E-state index contributed by atoms with van der Waals surface area (Å²) in [6.07, 6.45) is 3.79. The van der Waals surface area contributed by atoms with Gasteiger partial charge in [-0.3, -0.25) is 4.90 Å². The van der Waals surface area contributed by atoms with E-state index in [1.165, 1.54) is 30.4 Å². The van der Waals surface area contributed by atoms with E-state index in [9.17, 15) is 4.79 Å². The minimum absolute atomic E-state index is 0.252. The van der Waals surface area contributed by atoms with Crippen LogP contribution in [0.25, 0.3) is 0 Å². The van der Waals surface area contributed by atoms with Gasteiger partial charge in [-0.05, 0) is 88.8 Å². The maximum Gasteiger partial charge on any atom is 0.338 e. The second-order valence-electron chi connectivity index (χ2n) is 10.2. The molecule has 0 aromatic heterocycles. The summed E-state index contributed by atoms with van der Waals surface area (Å²) in [7, 11) is 0. The fourth-order valence-corrected chi connectivity index (χ4v) is 4.50. The zero-order valence-electron chi connectivity index (χ0n) is 19.1. The van der Waals surface area contributed by atoms with Crippen LogP contribution in [0.15, 0.2) is 54.6 Å². The first-order valence-electron chi connectivity index (χ1n) is 11.7. The van der Waals surface area contributed by atoms with Crippen LogP contribution in [0.4, 0.5) is 0 Å². The molecule has 2 fully saturated rings. The van der Waals surface area contributed by atoms with Crippen molar-refractivity contribution < 1.29 is 9.53 Å². The number of rotatable bonds is 7. The number of ether oxygens (including phenoxy) is 1. The van der Waals surface area contributed by atoms with Gasteiger partial charge in [0.05, 0.1) is 5.56 Å². The van der Waals surface area contributed by atoms with E-state index >= 15 is 0 Å². The third kappa shape index (κ3) is 6.41. The van der Waals surface area contributed by atoms with Gasteiger partial charge in [-0.1, -0.05) is 42.5 Å². The monoisotopic (exact) mass is 420 g/mol. The second kappa shape index (κ2) is 9.54. The number of benzene rings is 2. The third-order valence-corrected chi connectivity index (χ3v) is 6.39. The van der Waals surface area contributed by atoms with Gasteiger partial charge in [0.25, 0.3) is 0 Å². The highest BCUT2D eigenvalue weighted by Crippen LogP contribution is 2.40. The fourth-order valence-electron chi connectivity index (χ4n) is 4.50. The van der Waals surface area contributed by atoms with Crippen molar-refractivity contribution in [2.75, 3.05) is 19.6 Å². The molecule has 2 aromatic carbocycles. The average molecular weight is 421 g/mol. The maximum absolute atomic E-state index is 12.2. The number of hydrogen-bond acceptors (Lipinski definition) is 4. The molecule has 1 saturated heterocycles. The lowest BCUT2D eigenvalue weighted by Gasteiger charge is -2.32. The SMILES string of the molecule is CC(C)(C)OC(=O)c1ccc(CN2CCC(CN[C@@H]3C[C@H]3c3ccccc3)CC2)cc1. The molecule has 2 atom stereocenters. The molecule has 31 heavy (non-hydrogen) atoms. The summed E-state index contributed by atoms with van der Waals surface area (Å²) in [5.41, 5.74) is 2.90. The summed E-state index contributed by atoms with van der Waals surface area (Å²) in [6, 6.07) is 19.5. The molecule has 0 bridgehead atoms. The predicted octanol–water partition coefficient (Wildman–Crippen LogP) is 5.00. The van der Waals surface area contributed by atoms with Gasteiger partial charge in [-0.2, -0.15) is 0 Å². The molecule has 1 aliphatic carbocycles. The summed E-state index contributed by atoms with van der Waals surface area (Å²) in [5, 5.41) is 3.81. The number of hydrogen-bond donors (Lipinski definition) is 1. The van der Waals surface area contributed by atoms with Crippen molar-refractivity contribution in [1.29, 1.82) is 0 Å². The summed E-state index contributed by atoms with van der Waals surface area (Å²) in [5.74, 6) is 1.24. The lowest BCUT2D eigenvalue weighted by molar-refractivity contribution is 0.00695. The van der Waals surface area contributed by atoms with E-state index in [4.69, 9.17) is 4.74 Å². The molecule has 4 nitrogen and oxygen atoms in total. The van der Waals surface area contributed by atoms with Gasteiger partial charge in [0.2, 0.25) is 0 Å². The molecule has 1 N–H and O–H groups in total. The topological polar surface area (TPSA) is 41.6 Å². The largest absolute Gasteiger partial charge is 0.456 e. The lowest BCUT2D eigenvalue weighted by Crippen LogP contribution is -2.37. The number of likely N-dealkylation sites (tertiary alicyclic amines) is 1. The van der Waals surface area contributed by atoms with Crippen LogP contribution in [-0.2, 0) is 11.3 Å². The Morgan fingerprint density at radius 2 is 1.71 bits per heavy atom. The highest BCUT2D eigenvalue weighted by Gasteiger charge is 2.38. The predicted molar refractivity (Wildman–Crippen MR) is 125 cm³/mol. The Morgan fingerprint density at radius 3 is 2.35 bits per heavy atom. The van der Waals surface area contributed by atoms with Crippen molar-refractivity contribution in [3.8, 4) is 0 Å². The van der Waals surface area contributed by atoms with Crippen molar-refractivity contribution in [3.63, 3.8) is 0 Å². The van der Waals surface area contributed by atoms with Gasteiger partial charge in [-0.25, -0.2) is 4.79 Å². The van der Waals surface area contributed by atoms with Gasteiger partial charge in [0, 0.05) is 18.5 Å². The lowest BCUT2D eigenvalue weighted by atomic mass is 9.96. The van der Waals surface area contributed by atoms with Gasteiger partial charge < -0.3 is 10.1 Å². The molecular weight excluding hydrogens is 384 g/mol. The van der Waals surface area contributed by atoms with Crippen LogP contribution in [0, 0.1) is 5.92 Å². The summed E-state index contributed by atoms with van der Waals surface area (Å²) >= 11 is 0. The van der Waals surface area contributed by atoms with Gasteiger partial charge in [0.1, 0.15) is 5.60 Å². The van der Waals surface area contributed by atoms with Crippen LogP contribution >= 0.6 is 0 Å². The molecule has 1 aliphatic heterocycles. The molecule has 0 amide bonds. The number of carbonyl (C=O) groups is 1. The molecule has 0 unspecified atom stereocenters. The number of nitrogens with zero attached hydrogens (tertiary/aromatic N) is 1. The first kappa shape index (κ1) is 22.0. The van der Waals surface area contributed by atoms with E-state index in [2.05, 4.69) is 52.7 Å². The average Bonchev–Trinajstić information content (AvgIpc) is 3.53. The minimum atomic E-state index is -0.461. The first-order valence-corrected chi connectivity index (χ1v) is 11.7. The summed E-state index contributed by atoms with van der Waals surface area (Å²) in [6.45, 7) is 10.1. The van der Waals surface area contributed by atoms with Gasteiger partial charge in [0.15, 0.2) is 0 Å². The molecule has 2 aliphatic rings. The smallest absolute Gasteiger partial charge is 0.338 e. The number of piperidine rings is 1. The molecule has 0 spiro atoms. The van der Waals surface area contributed by atoms with Crippen LogP contribution in [0.1, 0.15) is 67.4 Å². The summed E-state index contributed by atoms with van der Waals surface area (Å²) < 4.78 is 5.45. The Balaban J connectivity index is 1.16. The standard InChI is InChI=1S/C27H36N2O2/c1-27(2,3)31-26(30)23-11-9-21(10-12-23)19-29-15-13-20(14-16-29)18-28-25-17-24(25)22-7-5-4-6-8-22/h4-12,20,24-25,28H,13-19H2,1-3H3/t24-,25+/m0/s1. The molecule has 4 heteroatoms. The molecular formula is C27H36N2O2. The number of carbonyl (C=O) groups excluding carboxylic acids is 1. The molecule has 166 valence electrons.